The van der Waals surface area contributed by atoms with Gasteiger partial charge in [0.25, 0.3) is 0 Å². The molecule has 2 aromatic carbocycles. The Bertz CT molecular complexity index is 654. The van der Waals surface area contributed by atoms with Gasteiger partial charge in [0, 0.05) is 37.2 Å². The minimum atomic E-state index is -0.522. The van der Waals surface area contributed by atoms with Crippen LogP contribution < -0.4 is 15.5 Å². The summed E-state index contributed by atoms with van der Waals surface area (Å²) in [5, 5.41) is 14.8. The van der Waals surface area contributed by atoms with Crippen LogP contribution in [0.5, 0.6) is 0 Å². The molecule has 0 aliphatic carbocycles. The summed E-state index contributed by atoms with van der Waals surface area (Å²) >= 11 is 0. The molecule has 0 bridgehead atoms. The quantitative estimate of drug-likeness (QED) is 0.767. The fourth-order valence-corrected chi connectivity index (χ4v) is 2.28. The van der Waals surface area contributed by atoms with E-state index in [9.17, 15) is 4.79 Å². The number of carbonyl (C=O) groups excluding carboxylic acids is 1. The molecule has 0 spiro atoms. The van der Waals surface area contributed by atoms with Crippen LogP contribution >= 0.6 is 0 Å². The zero-order chi connectivity index (χ0) is 16.8. The van der Waals surface area contributed by atoms with Crippen molar-refractivity contribution in [3.8, 4) is 0 Å². The second kappa shape index (κ2) is 7.65. The normalized spacial score (nSPS) is 11.7. The predicted octanol–water partition coefficient (Wildman–Crippen LogP) is 2.86. The SMILES string of the molecule is CC(Nc1cccc(NC(=O)CO)c1)c1ccc(N(C)C)cc1. The van der Waals surface area contributed by atoms with Gasteiger partial charge in [-0.3, -0.25) is 4.79 Å². The number of anilines is 3. The Morgan fingerprint density at radius 1 is 1.13 bits per heavy atom. The first-order valence-electron chi connectivity index (χ1n) is 7.54. The second-order valence-electron chi connectivity index (χ2n) is 5.64. The summed E-state index contributed by atoms with van der Waals surface area (Å²) in [6, 6.07) is 15.9. The van der Waals surface area contributed by atoms with E-state index in [0.29, 0.717) is 5.69 Å². The van der Waals surface area contributed by atoms with Gasteiger partial charge in [-0.1, -0.05) is 18.2 Å². The number of hydrogen-bond acceptors (Lipinski definition) is 4. The van der Waals surface area contributed by atoms with E-state index < -0.39 is 12.5 Å². The highest BCUT2D eigenvalue weighted by atomic mass is 16.3. The van der Waals surface area contributed by atoms with Gasteiger partial charge in [0.15, 0.2) is 0 Å². The molecule has 0 aliphatic rings. The summed E-state index contributed by atoms with van der Waals surface area (Å²) in [7, 11) is 4.03. The van der Waals surface area contributed by atoms with E-state index in [1.807, 2.05) is 32.3 Å². The molecule has 0 heterocycles. The summed E-state index contributed by atoms with van der Waals surface area (Å²) in [6.45, 7) is 1.57. The molecule has 23 heavy (non-hydrogen) atoms. The van der Waals surface area contributed by atoms with Gasteiger partial charge in [-0.2, -0.15) is 0 Å². The molecule has 0 aliphatic heterocycles. The summed E-state index contributed by atoms with van der Waals surface area (Å²) in [5.74, 6) is -0.422. The minimum Gasteiger partial charge on any atom is -0.387 e. The molecule has 2 aromatic rings. The number of amides is 1. The van der Waals surface area contributed by atoms with Crippen molar-refractivity contribution in [2.24, 2.45) is 0 Å². The summed E-state index contributed by atoms with van der Waals surface area (Å²) in [6.07, 6.45) is 0. The molecule has 3 N–H and O–H groups in total. The smallest absolute Gasteiger partial charge is 0.250 e. The molecule has 5 nitrogen and oxygen atoms in total. The van der Waals surface area contributed by atoms with E-state index in [4.69, 9.17) is 5.11 Å². The van der Waals surface area contributed by atoms with E-state index in [1.54, 1.807) is 6.07 Å². The van der Waals surface area contributed by atoms with Gasteiger partial charge in [0.2, 0.25) is 5.91 Å². The van der Waals surface area contributed by atoms with Crippen LogP contribution in [0.15, 0.2) is 48.5 Å². The fourth-order valence-electron chi connectivity index (χ4n) is 2.28. The molecule has 1 atom stereocenters. The van der Waals surface area contributed by atoms with Crippen LogP contribution in [0.1, 0.15) is 18.5 Å². The molecule has 0 saturated carbocycles. The second-order valence-corrected chi connectivity index (χ2v) is 5.64. The van der Waals surface area contributed by atoms with E-state index >= 15 is 0 Å². The van der Waals surface area contributed by atoms with Gasteiger partial charge in [-0.25, -0.2) is 0 Å². The van der Waals surface area contributed by atoms with Crippen LogP contribution in [0.25, 0.3) is 0 Å². The minimum absolute atomic E-state index is 0.134. The Labute approximate surface area is 136 Å². The highest BCUT2D eigenvalue weighted by molar-refractivity contribution is 5.91. The summed E-state index contributed by atoms with van der Waals surface area (Å²) in [4.78, 5) is 13.3. The molecule has 5 heteroatoms. The lowest BCUT2D eigenvalue weighted by Crippen LogP contribution is -2.15. The molecule has 0 saturated heterocycles. The Hall–Kier alpha value is -2.53. The van der Waals surface area contributed by atoms with Crippen molar-refractivity contribution < 1.29 is 9.90 Å². The largest absolute Gasteiger partial charge is 0.387 e. The number of benzene rings is 2. The van der Waals surface area contributed by atoms with Crippen molar-refractivity contribution >= 4 is 23.0 Å². The third-order valence-corrected chi connectivity index (χ3v) is 3.58. The molecule has 0 fully saturated rings. The molecular formula is C18H23N3O2. The van der Waals surface area contributed by atoms with Crippen molar-refractivity contribution in [3.05, 3.63) is 54.1 Å². The Morgan fingerprint density at radius 3 is 2.39 bits per heavy atom. The van der Waals surface area contributed by atoms with Crippen molar-refractivity contribution in [3.63, 3.8) is 0 Å². The van der Waals surface area contributed by atoms with Gasteiger partial charge < -0.3 is 20.6 Å². The Balaban J connectivity index is 2.06. The van der Waals surface area contributed by atoms with E-state index in [2.05, 4.69) is 46.7 Å². The predicted molar refractivity (Wildman–Crippen MR) is 95.0 cm³/mol. The number of aliphatic hydroxyl groups excluding tert-OH is 1. The van der Waals surface area contributed by atoms with E-state index in [0.717, 1.165) is 11.4 Å². The van der Waals surface area contributed by atoms with Crippen LogP contribution in [0.2, 0.25) is 0 Å². The van der Waals surface area contributed by atoms with Crippen LogP contribution in [0.4, 0.5) is 17.1 Å². The summed E-state index contributed by atoms with van der Waals surface area (Å²) in [5.41, 5.74) is 3.91. The third-order valence-electron chi connectivity index (χ3n) is 3.58. The van der Waals surface area contributed by atoms with Crippen molar-refractivity contribution in [2.45, 2.75) is 13.0 Å². The van der Waals surface area contributed by atoms with E-state index in [-0.39, 0.29) is 6.04 Å². The molecule has 0 radical (unpaired) electrons. The maximum Gasteiger partial charge on any atom is 0.250 e. The lowest BCUT2D eigenvalue weighted by molar-refractivity contribution is -0.118. The zero-order valence-electron chi connectivity index (χ0n) is 13.7. The maximum atomic E-state index is 11.2. The molecular weight excluding hydrogens is 290 g/mol. The van der Waals surface area contributed by atoms with Gasteiger partial charge in [0.1, 0.15) is 6.61 Å². The van der Waals surface area contributed by atoms with Crippen LogP contribution in [0.3, 0.4) is 0 Å². The standard InChI is InChI=1S/C18H23N3O2/c1-13(14-7-9-17(10-8-14)21(2)3)19-15-5-4-6-16(11-15)20-18(23)12-22/h4-11,13,19,22H,12H2,1-3H3,(H,20,23). The fraction of sp³-hybridized carbons (Fsp3) is 0.278. The van der Waals surface area contributed by atoms with E-state index in [1.165, 1.54) is 5.56 Å². The number of aliphatic hydroxyl groups is 1. The number of carbonyl (C=O) groups is 1. The first-order chi connectivity index (χ1) is 11.0. The monoisotopic (exact) mass is 313 g/mol. The average Bonchev–Trinajstić information content (AvgIpc) is 2.55. The van der Waals surface area contributed by atoms with Crippen molar-refractivity contribution in [2.75, 3.05) is 36.2 Å². The van der Waals surface area contributed by atoms with Crippen LogP contribution in [0, 0.1) is 0 Å². The maximum absolute atomic E-state index is 11.2. The molecule has 2 rings (SSSR count). The third kappa shape index (κ3) is 4.72. The average molecular weight is 313 g/mol. The van der Waals surface area contributed by atoms with Gasteiger partial charge in [0.05, 0.1) is 0 Å². The van der Waals surface area contributed by atoms with Crippen LogP contribution in [-0.2, 0) is 4.79 Å². The molecule has 0 aromatic heterocycles. The zero-order valence-corrected chi connectivity index (χ0v) is 13.7. The lowest BCUT2D eigenvalue weighted by Gasteiger charge is -2.18. The number of nitrogens with one attached hydrogen (secondary N) is 2. The topological polar surface area (TPSA) is 64.6 Å². The number of nitrogens with zero attached hydrogens (tertiary/aromatic N) is 1. The highest BCUT2D eigenvalue weighted by Gasteiger charge is 2.07. The highest BCUT2D eigenvalue weighted by Crippen LogP contribution is 2.23. The first kappa shape index (κ1) is 16.8. The Morgan fingerprint density at radius 2 is 1.78 bits per heavy atom. The van der Waals surface area contributed by atoms with Crippen LogP contribution in [-0.4, -0.2) is 31.7 Å². The Kier molecular flexibility index (Phi) is 5.60. The van der Waals surface area contributed by atoms with Gasteiger partial charge in [-0.05, 0) is 42.8 Å². The summed E-state index contributed by atoms with van der Waals surface area (Å²) < 4.78 is 0. The first-order valence-corrected chi connectivity index (χ1v) is 7.54. The van der Waals surface area contributed by atoms with Gasteiger partial charge in [-0.15, -0.1) is 0 Å². The molecule has 1 amide bonds. The number of rotatable bonds is 6. The van der Waals surface area contributed by atoms with Gasteiger partial charge >= 0.3 is 0 Å². The van der Waals surface area contributed by atoms with Crippen molar-refractivity contribution in [1.29, 1.82) is 0 Å². The number of hydrogen-bond donors (Lipinski definition) is 3. The molecule has 122 valence electrons. The molecule has 1 unspecified atom stereocenters. The lowest BCUT2D eigenvalue weighted by atomic mass is 10.1. The van der Waals surface area contributed by atoms with Crippen molar-refractivity contribution in [1.82, 2.24) is 0 Å².